The summed E-state index contributed by atoms with van der Waals surface area (Å²) >= 11 is 0. The lowest BCUT2D eigenvalue weighted by molar-refractivity contribution is -0.201. The highest BCUT2D eigenvalue weighted by Crippen LogP contribution is 2.45. The van der Waals surface area contributed by atoms with Crippen molar-refractivity contribution in [3.63, 3.8) is 0 Å². The van der Waals surface area contributed by atoms with Crippen LogP contribution in [0.25, 0.3) is 11.0 Å². The Balaban J connectivity index is 1.24. The van der Waals surface area contributed by atoms with Crippen LogP contribution < -0.4 is 5.73 Å². The van der Waals surface area contributed by atoms with Gasteiger partial charge in [-0.15, -0.1) is 0 Å². The molecule has 4 saturated heterocycles. The number of hydrogen-bond acceptors (Lipinski definition) is 10. The minimum atomic E-state index is -0.740. The van der Waals surface area contributed by atoms with Crippen molar-refractivity contribution >= 4 is 22.9 Å². The molecule has 2 N–H and O–H groups in total. The van der Waals surface area contributed by atoms with Gasteiger partial charge in [-0.1, -0.05) is 0 Å². The molecule has 4 aliphatic heterocycles. The number of morpholine rings is 1. The van der Waals surface area contributed by atoms with E-state index in [1.807, 2.05) is 51.4 Å². The first-order valence-corrected chi connectivity index (χ1v) is 13.3. The molecule has 1 amide bonds. The Labute approximate surface area is 222 Å². The maximum Gasteiger partial charge on any atom is 0.410 e. The van der Waals surface area contributed by atoms with Crippen LogP contribution in [0, 0.1) is 0 Å². The highest BCUT2D eigenvalue weighted by molar-refractivity contribution is 5.86. The molecular formula is C26H38N6O6. The SMILES string of the molecule is CC(C)(C)OC(=O)N1CCC2(COCCN2C[C@H]2O[C@@H](n3ccc4c(N)ncnc43)[C@@H]3OC(C)(C)O[C@@H]32)C1. The summed E-state index contributed by atoms with van der Waals surface area (Å²) in [7, 11) is 0. The van der Waals surface area contributed by atoms with Crippen molar-refractivity contribution in [2.75, 3.05) is 45.1 Å². The minimum Gasteiger partial charge on any atom is -0.444 e. The highest BCUT2D eigenvalue weighted by atomic mass is 16.8. The summed E-state index contributed by atoms with van der Waals surface area (Å²) in [5.41, 5.74) is 5.94. The summed E-state index contributed by atoms with van der Waals surface area (Å²) in [4.78, 5) is 25.6. The van der Waals surface area contributed by atoms with Gasteiger partial charge in [-0.25, -0.2) is 14.8 Å². The predicted octanol–water partition coefficient (Wildman–Crippen LogP) is 2.14. The minimum absolute atomic E-state index is 0.256. The second kappa shape index (κ2) is 9.02. The van der Waals surface area contributed by atoms with Crippen LogP contribution in [0.15, 0.2) is 18.6 Å². The van der Waals surface area contributed by atoms with Crippen molar-refractivity contribution in [1.82, 2.24) is 24.3 Å². The molecule has 4 aliphatic rings. The second-order valence-electron chi connectivity index (χ2n) is 12.2. The number of fused-ring (bicyclic) bond motifs is 2. The molecule has 0 bridgehead atoms. The number of carbonyl (C=O) groups excluding carboxylic acids is 1. The maximum atomic E-state index is 12.8. The number of hydrogen-bond donors (Lipinski definition) is 1. The standard InChI is InChI=1S/C26H38N6O6/c1-24(2,3)38-23(33)30-9-7-26(13-30)14-34-11-10-31(26)12-17-18-19(37-25(4,5)36-18)22(35-17)32-8-6-16-20(27)28-15-29-21(16)32/h6,8,15,17-19,22H,7,9-14H2,1-5H3,(H2,27,28,29)/t17-,18-,19-,22-,26?/m1/s1. The number of nitrogens with zero attached hydrogens (tertiary/aromatic N) is 5. The number of nitrogen functional groups attached to an aromatic ring is 1. The first-order valence-electron chi connectivity index (χ1n) is 13.3. The molecule has 4 fully saturated rings. The van der Waals surface area contributed by atoms with Crippen molar-refractivity contribution in [2.24, 2.45) is 0 Å². The van der Waals surface area contributed by atoms with E-state index in [0.717, 1.165) is 18.4 Å². The number of rotatable bonds is 3. The summed E-state index contributed by atoms with van der Waals surface area (Å²) in [5, 5.41) is 0.773. The lowest BCUT2D eigenvalue weighted by Gasteiger charge is -2.45. The van der Waals surface area contributed by atoms with Crippen LogP contribution in [-0.4, -0.2) is 105 Å². The fraction of sp³-hybridized carbons (Fsp3) is 0.731. The summed E-state index contributed by atoms with van der Waals surface area (Å²) in [6.45, 7) is 13.2. The highest BCUT2D eigenvalue weighted by Gasteiger charge is 2.58. The molecule has 12 heteroatoms. The van der Waals surface area contributed by atoms with Crippen LogP contribution in [0.5, 0.6) is 0 Å². The number of nitrogens with two attached hydrogens (primary N) is 1. The number of amides is 1. The van der Waals surface area contributed by atoms with E-state index in [1.54, 1.807) is 4.90 Å². The largest absolute Gasteiger partial charge is 0.444 e. The monoisotopic (exact) mass is 530 g/mol. The van der Waals surface area contributed by atoms with Crippen LogP contribution in [0.3, 0.4) is 0 Å². The van der Waals surface area contributed by atoms with Gasteiger partial charge in [0.25, 0.3) is 0 Å². The van der Waals surface area contributed by atoms with Crippen molar-refractivity contribution in [3.8, 4) is 0 Å². The number of ether oxygens (including phenoxy) is 5. The van der Waals surface area contributed by atoms with Crippen LogP contribution in [0.4, 0.5) is 10.6 Å². The summed E-state index contributed by atoms with van der Waals surface area (Å²) in [6.07, 6.45) is 2.62. The zero-order valence-corrected chi connectivity index (χ0v) is 22.8. The van der Waals surface area contributed by atoms with Gasteiger partial charge in [-0.3, -0.25) is 4.90 Å². The van der Waals surface area contributed by atoms with Crippen molar-refractivity contribution in [2.45, 2.75) is 82.5 Å². The molecule has 0 aromatic carbocycles. The van der Waals surface area contributed by atoms with Gasteiger partial charge in [-0.05, 0) is 47.1 Å². The van der Waals surface area contributed by atoms with Crippen LogP contribution in [0.2, 0.25) is 0 Å². The second-order valence-corrected chi connectivity index (χ2v) is 12.2. The quantitative estimate of drug-likeness (QED) is 0.631. The van der Waals surface area contributed by atoms with Gasteiger partial charge in [0.1, 0.15) is 41.7 Å². The van der Waals surface area contributed by atoms with E-state index in [4.69, 9.17) is 29.4 Å². The first kappa shape index (κ1) is 25.8. The summed E-state index contributed by atoms with van der Waals surface area (Å²) in [5.74, 6) is -0.314. The van der Waals surface area contributed by atoms with Gasteiger partial charge in [0, 0.05) is 32.4 Å². The van der Waals surface area contributed by atoms with Crippen LogP contribution >= 0.6 is 0 Å². The Morgan fingerprint density at radius 1 is 1.21 bits per heavy atom. The normalized spacial score (nSPS) is 33.3. The number of likely N-dealkylation sites (tertiary alicyclic amines) is 1. The fourth-order valence-electron chi connectivity index (χ4n) is 6.21. The average Bonchev–Trinajstić information content (AvgIpc) is 3.58. The third-order valence-corrected chi connectivity index (χ3v) is 7.87. The lowest BCUT2D eigenvalue weighted by Crippen LogP contribution is -2.61. The molecule has 38 heavy (non-hydrogen) atoms. The van der Waals surface area contributed by atoms with Crippen molar-refractivity contribution in [3.05, 3.63) is 18.6 Å². The molecule has 1 spiro atoms. The Morgan fingerprint density at radius 3 is 2.79 bits per heavy atom. The van der Waals surface area contributed by atoms with Gasteiger partial charge in [0.15, 0.2) is 12.0 Å². The van der Waals surface area contributed by atoms with Crippen LogP contribution in [-0.2, 0) is 23.7 Å². The van der Waals surface area contributed by atoms with Gasteiger partial charge < -0.3 is 38.9 Å². The van der Waals surface area contributed by atoms with Crippen molar-refractivity contribution in [1.29, 1.82) is 0 Å². The molecule has 0 saturated carbocycles. The lowest BCUT2D eigenvalue weighted by atomic mass is 9.94. The van der Waals surface area contributed by atoms with E-state index in [0.29, 0.717) is 44.3 Å². The zero-order valence-electron chi connectivity index (χ0n) is 22.8. The molecule has 208 valence electrons. The van der Waals surface area contributed by atoms with E-state index in [2.05, 4.69) is 14.9 Å². The van der Waals surface area contributed by atoms with Crippen molar-refractivity contribution < 1.29 is 28.5 Å². The van der Waals surface area contributed by atoms with E-state index >= 15 is 0 Å². The van der Waals surface area contributed by atoms with E-state index in [-0.39, 0.29) is 29.9 Å². The average molecular weight is 531 g/mol. The molecule has 2 aromatic heterocycles. The topological polar surface area (TPSA) is 126 Å². The molecule has 6 rings (SSSR count). The fourth-order valence-corrected chi connectivity index (χ4v) is 6.21. The van der Waals surface area contributed by atoms with E-state index < -0.39 is 17.6 Å². The molecule has 0 radical (unpaired) electrons. The number of carbonyl (C=O) groups is 1. The van der Waals surface area contributed by atoms with Crippen LogP contribution in [0.1, 0.15) is 47.3 Å². The molecule has 0 aliphatic carbocycles. The third-order valence-electron chi connectivity index (χ3n) is 7.87. The molecular weight excluding hydrogens is 492 g/mol. The molecule has 2 aromatic rings. The zero-order chi connectivity index (χ0) is 26.9. The van der Waals surface area contributed by atoms with Gasteiger partial charge in [-0.2, -0.15) is 0 Å². The number of aromatic nitrogens is 3. The Hall–Kier alpha value is -2.51. The Morgan fingerprint density at radius 2 is 2.00 bits per heavy atom. The van der Waals surface area contributed by atoms with Gasteiger partial charge in [0.05, 0.1) is 24.1 Å². The molecule has 6 heterocycles. The molecule has 5 atom stereocenters. The maximum absolute atomic E-state index is 12.8. The van der Waals surface area contributed by atoms with E-state index in [9.17, 15) is 4.79 Å². The molecule has 1 unspecified atom stereocenters. The smallest absolute Gasteiger partial charge is 0.410 e. The van der Waals surface area contributed by atoms with E-state index in [1.165, 1.54) is 6.33 Å². The summed E-state index contributed by atoms with van der Waals surface area (Å²) < 4.78 is 33.0. The Bertz CT molecular complexity index is 1210. The predicted molar refractivity (Wildman–Crippen MR) is 137 cm³/mol. The summed E-state index contributed by atoms with van der Waals surface area (Å²) in [6, 6.07) is 1.90. The molecule has 12 nitrogen and oxygen atoms in total. The van der Waals surface area contributed by atoms with Gasteiger partial charge in [0.2, 0.25) is 0 Å². The number of anilines is 1. The Kier molecular flexibility index (Phi) is 6.11. The third kappa shape index (κ3) is 4.51. The first-order chi connectivity index (χ1) is 17.9. The van der Waals surface area contributed by atoms with Gasteiger partial charge >= 0.3 is 6.09 Å².